The second-order valence-electron chi connectivity index (χ2n) is 4.92. The van der Waals surface area contributed by atoms with Crippen LogP contribution in [0.1, 0.15) is 10.6 Å². The fourth-order valence-electron chi connectivity index (χ4n) is 2.13. The summed E-state index contributed by atoms with van der Waals surface area (Å²) in [6.45, 7) is 1.76. The SMILES string of the molecule is CON=COC(=O)Cc1sc2nc(-c3ccc(F)cc3F)nn2c1C. The Morgan fingerprint density at radius 1 is 1.44 bits per heavy atom. The molecule has 1 aromatic carbocycles. The maximum atomic E-state index is 13.9. The maximum Gasteiger partial charge on any atom is 0.317 e. The van der Waals surface area contributed by atoms with E-state index in [4.69, 9.17) is 4.74 Å². The van der Waals surface area contributed by atoms with Crippen molar-refractivity contribution in [3.05, 3.63) is 40.4 Å². The summed E-state index contributed by atoms with van der Waals surface area (Å²) >= 11 is 1.23. The minimum Gasteiger partial charge on any atom is -0.411 e. The molecule has 2 heterocycles. The van der Waals surface area contributed by atoms with E-state index in [1.807, 2.05) is 0 Å². The lowest BCUT2D eigenvalue weighted by molar-refractivity contribution is -0.134. The molecule has 0 saturated heterocycles. The van der Waals surface area contributed by atoms with Gasteiger partial charge in [0, 0.05) is 10.9 Å². The van der Waals surface area contributed by atoms with Crippen molar-refractivity contribution in [2.45, 2.75) is 13.3 Å². The van der Waals surface area contributed by atoms with Crippen LogP contribution in [0.4, 0.5) is 8.78 Å². The smallest absolute Gasteiger partial charge is 0.317 e. The molecule has 3 aromatic rings. The molecule has 25 heavy (non-hydrogen) atoms. The first-order chi connectivity index (χ1) is 12.0. The summed E-state index contributed by atoms with van der Waals surface area (Å²) in [5.41, 5.74) is 0.787. The monoisotopic (exact) mass is 366 g/mol. The Morgan fingerprint density at radius 3 is 2.92 bits per heavy atom. The van der Waals surface area contributed by atoms with E-state index >= 15 is 0 Å². The van der Waals surface area contributed by atoms with E-state index < -0.39 is 17.6 Å². The zero-order valence-electron chi connectivity index (χ0n) is 13.2. The first-order valence-corrected chi connectivity index (χ1v) is 7.86. The number of fused-ring (bicyclic) bond motifs is 1. The van der Waals surface area contributed by atoms with Crippen LogP contribution >= 0.6 is 11.3 Å². The third-order valence-electron chi connectivity index (χ3n) is 3.32. The number of oxime groups is 1. The third kappa shape index (κ3) is 3.48. The number of hydrogen-bond donors (Lipinski definition) is 0. The molecule has 7 nitrogen and oxygen atoms in total. The van der Waals surface area contributed by atoms with Gasteiger partial charge in [0.05, 0.1) is 17.7 Å². The minimum atomic E-state index is -0.739. The van der Waals surface area contributed by atoms with Crippen LogP contribution in [-0.2, 0) is 20.8 Å². The molecule has 0 atom stereocenters. The molecule has 0 spiro atoms. The molecule has 130 valence electrons. The molecule has 0 aliphatic rings. The topological polar surface area (TPSA) is 78.1 Å². The minimum absolute atomic E-state index is 0.0114. The molecular weight excluding hydrogens is 354 g/mol. The Morgan fingerprint density at radius 2 is 2.24 bits per heavy atom. The van der Waals surface area contributed by atoms with Crippen molar-refractivity contribution in [1.29, 1.82) is 0 Å². The fourth-order valence-corrected chi connectivity index (χ4v) is 3.17. The Labute approximate surface area is 144 Å². The van der Waals surface area contributed by atoms with Gasteiger partial charge in [-0.25, -0.2) is 13.3 Å². The van der Waals surface area contributed by atoms with E-state index in [9.17, 15) is 13.6 Å². The quantitative estimate of drug-likeness (QED) is 0.300. The van der Waals surface area contributed by atoms with Gasteiger partial charge in [-0.3, -0.25) is 4.79 Å². The van der Waals surface area contributed by atoms with Gasteiger partial charge in [-0.2, -0.15) is 4.98 Å². The number of thiazole rings is 1. The van der Waals surface area contributed by atoms with Crippen molar-refractivity contribution in [2.75, 3.05) is 7.11 Å². The number of esters is 1. The molecule has 0 saturated carbocycles. The first kappa shape index (κ1) is 17.0. The number of halogens is 2. The average molecular weight is 366 g/mol. The zero-order chi connectivity index (χ0) is 18.0. The molecule has 2 aromatic heterocycles. The number of carbonyl (C=O) groups is 1. The van der Waals surface area contributed by atoms with Gasteiger partial charge < -0.3 is 9.57 Å². The van der Waals surface area contributed by atoms with Crippen molar-refractivity contribution in [1.82, 2.24) is 14.6 Å². The second-order valence-corrected chi connectivity index (χ2v) is 5.99. The van der Waals surface area contributed by atoms with E-state index in [1.165, 1.54) is 29.0 Å². The van der Waals surface area contributed by atoms with Crippen molar-refractivity contribution in [3.63, 3.8) is 0 Å². The summed E-state index contributed by atoms with van der Waals surface area (Å²) in [5.74, 6) is -1.78. The van der Waals surface area contributed by atoms with E-state index in [0.717, 1.165) is 18.5 Å². The molecule has 0 N–H and O–H groups in total. The van der Waals surface area contributed by atoms with Crippen LogP contribution < -0.4 is 0 Å². The maximum absolute atomic E-state index is 13.9. The third-order valence-corrected chi connectivity index (χ3v) is 4.46. The molecule has 0 bridgehead atoms. The Bertz CT molecular complexity index is 967. The van der Waals surface area contributed by atoms with E-state index in [0.29, 0.717) is 15.5 Å². The van der Waals surface area contributed by atoms with E-state index in [1.54, 1.807) is 6.92 Å². The first-order valence-electron chi connectivity index (χ1n) is 7.04. The second kappa shape index (κ2) is 6.93. The molecule has 0 radical (unpaired) electrons. The van der Waals surface area contributed by atoms with E-state index in [-0.39, 0.29) is 17.8 Å². The van der Waals surface area contributed by atoms with Gasteiger partial charge in [-0.05, 0) is 19.1 Å². The summed E-state index contributed by atoms with van der Waals surface area (Å²) in [4.78, 5) is 21.5. The molecule has 0 amide bonds. The number of hydrogen-bond acceptors (Lipinski definition) is 7. The molecule has 10 heteroatoms. The summed E-state index contributed by atoms with van der Waals surface area (Å²) in [6.07, 6.45) is 0.918. The zero-order valence-corrected chi connectivity index (χ0v) is 14.0. The van der Waals surface area contributed by atoms with Gasteiger partial charge in [-0.1, -0.05) is 16.5 Å². The number of aromatic nitrogens is 3. The summed E-state index contributed by atoms with van der Waals surface area (Å²) < 4.78 is 33.1. The largest absolute Gasteiger partial charge is 0.411 e. The normalized spacial score (nSPS) is 11.4. The highest BCUT2D eigenvalue weighted by Crippen LogP contribution is 2.26. The summed E-state index contributed by atoms with van der Waals surface area (Å²) in [6, 6.07) is 3.20. The van der Waals surface area contributed by atoms with Gasteiger partial charge >= 0.3 is 5.97 Å². The van der Waals surface area contributed by atoms with Crippen molar-refractivity contribution < 1.29 is 23.1 Å². The highest BCUT2D eigenvalue weighted by Gasteiger charge is 2.18. The Kier molecular flexibility index (Phi) is 4.70. The van der Waals surface area contributed by atoms with Crippen molar-refractivity contribution >= 4 is 28.7 Å². The lowest BCUT2D eigenvalue weighted by Gasteiger charge is -1.99. The molecular formula is C15H12F2N4O3S. The number of rotatable bonds is 5. The van der Waals surface area contributed by atoms with Crippen LogP contribution in [0.2, 0.25) is 0 Å². The molecule has 0 aliphatic carbocycles. The highest BCUT2D eigenvalue weighted by molar-refractivity contribution is 7.17. The number of benzene rings is 1. The Hall–Kier alpha value is -2.88. The van der Waals surface area contributed by atoms with Gasteiger partial charge in [-0.15, -0.1) is 5.10 Å². The van der Waals surface area contributed by atoms with Crippen molar-refractivity contribution in [3.8, 4) is 11.4 Å². The van der Waals surface area contributed by atoms with Crippen LogP contribution in [-0.4, -0.2) is 34.1 Å². The average Bonchev–Trinajstić information content (AvgIpc) is 3.08. The number of ether oxygens (including phenoxy) is 1. The highest BCUT2D eigenvalue weighted by atomic mass is 32.1. The molecule has 0 fully saturated rings. The lowest BCUT2D eigenvalue weighted by atomic mass is 10.2. The summed E-state index contributed by atoms with van der Waals surface area (Å²) in [7, 11) is 1.33. The number of carbonyl (C=O) groups excluding carboxylic acids is 1. The van der Waals surface area contributed by atoms with Crippen LogP contribution in [0.15, 0.2) is 23.4 Å². The Balaban J connectivity index is 1.86. The lowest BCUT2D eigenvalue weighted by Crippen LogP contribution is -2.07. The summed E-state index contributed by atoms with van der Waals surface area (Å²) in [5, 5.41) is 7.54. The van der Waals surface area contributed by atoms with Gasteiger partial charge in [0.2, 0.25) is 11.4 Å². The van der Waals surface area contributed by atoms with E-state index in [2.05, 4.69) is 20.1 Å². The van der Waals surface area contributed by atoms with Crippen molar-refractivity contribution in [2.24, 2.45) is 5.16 Å². The molecule has 3 rings (SSSR count). The van der Waals surface area contributed by atoms with Crippen LogP contribution in [0.5, 0.6) is 0 Å². The van der Waals surface area contributed by atoms with Crippen LogP contribution in [0, 0.1) is 18.6 Å². The number of aryl methyl sites for hydroxylation is 1. The predicted octanol–water partition coefficient (Wildman–Crippen LogP) is 2.72. The van der Waals surface area contributed by atoms with Crippen LogP contribution in [0.3, 0.4) is 0 Å². The molecule has 0 unspecified atom stereocenters. The van der Waals surface area contributed by atoms with Gasteiger partial charge in [0.1, 0.15) is 18.7 Å². The standard InChI is InChI=1S/C15H12F2N4O3S/c1-8-12(6-13(22)24-7-18-23-2)25-15-19-14(20-21(8)15)10-4-3-9(16)5-11(10)17/h3-5,7H,6H2,1-2H3. The van der Waals surface area contributed by atoms with Gasteiger partial charge in [0.25, 0.3) is 0 Å². The van der Waals surface area contributed by atoms with Crippen LogP contribution in [0.25, 0.3) is 16.3 Å². The number of nitrogens with zero attached hydrogens (tertiary/aromatic N) is 4. The predicted molar refractivity (Wildman–Crippen MR) is 86.3 cm³/mol. The van der Waals surface area contributed by atoms with Gasteiger partial charge in [0.15, 0.2) is 5.82 Å². The fraction of sp³-hybridized carbons (Fsp3) is 0.200. The molecule has 0 aliphatic heterocycles.